The Morgan fingerprint density at radius 2 is 2.14 bits per heavy atom. The highest BCUT2D eigenvalue weighted by Gasteiger charge is 2.14. The highest BCUT2D eigenvalue weighted by Crippen LogP contribution is 2.32. The third-order valence-electron chi connectivity index (χ3n) is 3.19. The summed E-state index contributed by atoms with van der Waals surface area (Å²) in [5.41, 5.74) is 1.14. The van der Waals surface area contributed by atoms with Gasteiger partial charge in [0.25, 0.3) is 5.91 Å². The monoisotopic (exact) mass is 369 g/mol. The average Bonchev–Trinajstić information content (AvgIpc) is 2.88. The second kappa shape index (κ2) is 8.19. The van der Waals surface area contributed by atoms with Crippen molar-refractivity contribution in [1.29, 1.82) is 0 Å². The largest absolute Gasteiger partial charge is 0.490 e. The predicted molar refractivity (Wildman–Crippen MR) is 88.5 cm³/mol. The van der Waals surface area contributed by atoms with Gasteiger partial charge < -0.3 is 19.2 Å². The standard InChI is InChI=1S/C16H20BrNO4/c1-3-4-5-18-16(19)11-8-13(21-7-6-20-2)12-10-15(17)22-14(12)9-11/h8-10H,3-7H2,1-2H3,(H,18,19). The lowest BCUT2D eigenvalue weighted by Gasteiger charge is -2.09. The van der Waals surface area contributed by atoms with Crippen molar-refractivity contribution in [3.05, 3.63) is 28.4 Å². The van der Waals surface area contributed by atoms with E-state index in [1.165, 1.54) is 0 Å². The first kappa shape index (κ1) is 16.8. The number of fused-ring (bicyclic) bond motifs is 1. The topological polar surface area (TPSA) is 60.7 Å². The molecule has 120 valence electrons. The summed E-state index contributed by atoms with van der Waals surface area (Å²) in [4.78, 5) is 12.2. The van der Waals surface area contributed by atoms with Gasteiger partial charge in [0.05, 0.1) is 12.0 Å². The third-order valence-corrected chi connectivity index (χ3v) is 3.58. The molecule has 0 unspecified atom stereocenters. The summed E-state index contributed by atoms with van der Waals surface area (Å²) in [7, 11) is 1.62. The van der Waals surface area contributed by atoms with Crippen molar-refractivity contribution in [1.82, 2.24) is 5.32 Å². The Bertz CT molecular complexity index is 638. The molecule has 1 N–H and O–H groups in total. The fourth-order valence-corrected chi connectivity index (χ4v) is 2.45. The van der Waals surface area contributed by atoms with Crippen molar-refractivity contribution in [3.8, 4) is 5.75 Å². The van der Waals surface area contributed by atoms with Crippen LogP contribution in [0.15, 0.2) is 27.3 Å². The quantitative estimate of drug-likeness (QED) is 0.719. The maximum Gasteiger partial charge on any atom is 0.251 e. The number of furan rings is 1. The molecule has 2 aromatic rings. The summed E-state index contributed by atoms with van der Waals surface area (Å²) in [6.07, 6.45) is 1.99. The van der Waals surface area contributed by atoms with Gasteiger partial charge in [-0.3, -0.25) is 4.79 Å². The van der Waals surface area contributed by atoms with Crippen molar-refractivity contribution in [2.45, 2.75) is 19.8 Å². The minimum absolute atomic E-state index is 0.125. The third kappa shape index (κ3) is 4.24. The average molecular weight is 370 g/mol. The molecule has 0 aliphatic carbocycles. The van der Waals surface area contributed by atoms with Gasteiger partial charge in [0.1, 0.15) is 17.9 Å². The number of hydrogen-bond donors (Lipinski definition) is 1. The zero-order chi connectivity index (χ0) is 15.9. The number of ether oxygens (including phenoxy) is 2. The van der Waals surface area contributed by atoms with Gasteiger partial charge in [-0.2, -0.15) is 0 Å². The molecule has 0 bridgehead atoms. The number of amides is 1. The van der Waals surface area contributed by atoms with E-state index in [0.29, 0.717) is 41.3 Å². The minimum atomic E-state index is -0.125. The molecule has 6 heteroatoms. The highest BCUT2D eigenvalue weighted by molar-refractivity contribution is 9.10. The van der Waals surface area contributed by atoms with Gasteiger partial charge in [-0.05, 0) is 34.5 Å². The normalized spacial score (nSPS) is 10.9. The minimum Gasteiger partial charge on any atom is -0.490 e. The van der Waals surface area contributed by atoms with Crippen LogP contribution in [0.5, 0.6) is 5.75 Å². The summed E-state index contributed by atoms with van der Waals surface area (Å²) in [5.74, 6) is 0.490. The fourth-order valence-electron chi connectivity index (χ4n) is 2.04. The maximum atomic E-state index is 12.2. The van der Waals surface area contributed by atoms with Crippen molar-refractivity contribution < 1.29 is 18.7 Å². The molecule has 1 aromatic carbocycles. The fraction of sp³-hybridized carbons (Fsp3) is 0.438. The van der Waals surface area contributed by atoms with Crippen LogP contribution in [-0.4, -0.2) is 32.8 Å². The van der Waals surface area contributed by atoms with Gasteiger partial charge >= 0.3 is 0 Å². The first-order valence-electron chi connectivity index (χ1n) is 7.28. The van der Waals surface area contributed by atoms with Gasteiger partial charge in [-0.25, -0.2) is 0 Å². The Hall–Kier alpha value is -1.53. The first-order chi connectivity index (χ1) is 10.7. The van der Waals surface area contributed by atoms with Gasteiger partial charge in [0.15, 0.2) is 4.67 Å². The highest BCUT2D eigenvalue weighted by atomic mass is 79.9. The van der Waals surface area contributed by atoms with Gasteiger partial charge in [0.2, 0.25) is 0 Å². The molecule has 2 rings (SSSR count). The molecule has 0 saturated heterocycles. The summed E-state index contributed by atoms with van der Waals surface area (Å²) >= 11 is 3.31. The van der Waals surface area contributed by atoms with Crippen molar-refractivity contribution in [2.75, 3.05) is 26.9 Å². The zero-order valence-electron chi connectivity index (χ0n) is 12.8. The lowest BCUT2D eigenvalue weighted by molar-refractivity contribution is 0.0952. The lowest BCUT2D eigenvalue weighted by atomic mass is 10.1. The number of unbranched alkanes of at least 4 members (excludes halogenated alkanes) is 1. The number of hydrogen-bond acceptors (Lipinski definition) is 4. The number of benzene rings is 1. The van der Waals surface area contributed by atoms with Crippen molar-refractivity contribution in [2.24, 2.45) is 0 Å². The molecule has 1 aromatic heterocycles. The predicted octanol–water partition coefficient (Wildman–Crippen LogP) is 3.75. The molecule has 22 heavy (non-hydrogen) atoms. The molecule has 5 nitrogen and oxygen atoms in total. The van der Waals surface area contributed by atoms with Crippen LogP contribution in [0.1, 0.15) is 30.1 Å². The van der Waals surface area contributed by atoms with E-state index in [4.69, 9.17) is 13.9 Å². The second-order valence-corrected chi connectivity index (χ2v) is 5.67. The Morgan fingerprint density at radius 3 is 2.86 bits per heavy atom. The molecular weight excluding hydrogens is 350 g/mol. The Kier molecular flexibility index (Phi) is 6.27. The van der Waals surface area contributed by atoms with Gasteiger partial charge in [0, 0.05) is 25.3 Å². The van der Waals surface area contributed by atoms with E-state index < -0.39 is 0 Å². The van der Waals surface area contributed by atoms with Crippen LogP contribution in [0.25, 0.3) is 11.0 Å². The van der Waals surface area contributed by atoms with E-state index in [2.05, 4.69) is 28.2 Å². The molecular formula is C16H20BrNO4. The molecule has 1 heterocycles. The van der Waals surface area contributed by atoms with Crippen molar-refractivity contribution in [3.63, 3.8) is 0 Å². The number of nitrogens with one attached hydrogen (secondary N) is 1. The van der Waals surface area contributed by atoms with Crippen LogP contribution in [-0.2, 0) is 4.74 Å². The molecule has 0 aliphatic heterocycles. The Balaban J connectivity index is 2.24. The van der Waals surface area contributed by atoms with Gasteiger partial charge in [-0.15, -0.1) is 0 Å². The lowest BCUT2D eigenvalue weighted by Crippen LogP contribution is -2.24. The maximum absolute atomic E-state index is 12.2. The van der Waals surface area contributed by atoms with E-state index >= 15 is 0 Å². The molecule has 0 atom stereocenters. The Labute approximate surface area is 138 Å². The number of rotatable bonds is 8. The number of carbonyl (C=O) groups is 1. The zero-order valence-corrected chi connectivity index (χ0v) is 14.4. The summed E-state index contributed by atoms with van der Waals surface area (Å²) in [5, 5.41) is 3.72. The van der Waals surface area contributed by atoms with Crippen LogP contribution in [0.3, 0.4) is 0 Å². The number of halogens is 1. The van der Waals surface area contributed by atoms with E-state index in [-0.39, 0.29) is 5.91 Å². The van der Waals surface area contributed by atoms with Crippen LogP contribution in [0, 0.1) is 0 Å². The molecule has 0 aliphatic rings. The van der Waals surface area contributed by atoms with E-state index in [9.17, 15) is 4.79 Å². The van der Waals surface area contributed by atoms with Gasteiger partial charge in [-0.1, -0.05) is 13.3 Å². The van der Waals surface area contributed by atoms with Crippen molar-refractivity contribution >= 4 is 32.8 Å². The molecule has 0 spiro atoms. The van der Waals surface area contributed by atoms with E-state index in [1.807, 2.05) is 6.07 Å². The summed E-state index contributed by atoms with van der Waals surface area (Å²) in [6.45, 7) is 3.64. The summed E-state index contributed by atoms with van der Waals surface area (Å²) < 4.78 is 16.8. The first-order valence-corrected chi connectivity index (χ1v) is 8.08. The summed E-state index contributed by atoms with van der Waals surface area (Å²) in [6, 6.07) is 5.29. The van der Waals surface area contributed by atoms with Crippen LogP contribution >= 0.6 is 15.9 Å². The number of carbonyl (C=O) groups excluding carboxylic acids is 1. The molecule has 1 amide bonds. The SMILES string of the molecule is CCCCNC(=O)c1cc(OCCOC)c2cc(Br)oc2c1. The van der Waals surface area contributed by atoms with E-state index in [1.54, 1.807) is 19.2 Å². The number of methoxy groups -OCH3 is 1. The van der Waals surface area contributed by atoms with Crippen LogP contribution in [0.2, 0.25) is 0 Å². The second-order valence-electron chi connectivity index (χ2n) is 4.89. The van der Waals surface area contributed by atoms with Crippen LogP contribution in [0.4, 0.5) is 0 Å². The smallest absolute Gasteiger partial charge is 0.251 e. The molecule has 0 fully saturated rings. The van der Waals surface area contributed by atoms with E-state index in [0.717, 1.165) is 18.2 Å². The molecule has 0 saturated carbocycles. The van der Waals surface area contributed by atoms with Crippen LogP contribution < -0.4 is 10.1 Å². The Morgan fingerprint density at radius 1 is 1.32 bits per heavy atom. The molecule has 0 radical (unpaired) electrons.